The molecule has 1 rings (SSSR count). The van der Waals surface area contributed by atoms with Gasteiger partial charge in [-0.3, -0.25) is 4.98 Å². The summed E-state index contributed by atoms with van der Waals surface area (Å²) >= 11 is 5.68. The SMILES string of the molecule is O=CCc1ccncc1Cl. The van der Waals surface area contributed by atoms with Gasteiger partial charge in [0.2, 0.25) is 0 Å². The zero-order chi connectivity index (χ0) is 7.40. The van der Waals surface area contributed by atoms with E-state index in [-0.39, 0.29) is 0 Å². The second kappa shape index (κ2) is 3.32. The minimum Gasteiger partial charge on any atom is -0.303 e. The fourth-order valence-corrected chi connectivity index (χ4v) is 0.856. The molecule has 0 spiro atoms. The van der Waals surface area contributed by atoms with Gasteiger partial charge in [-0.25, -0.2) is 0 Å². The molecule has 1 heterocycles. The van der Waals surface area contributed by atoms with Crippen molar-refractivity contribution in [3.63, 3.8) is 0 Å². The van der Waals surface area contributed by atoms with E-state index in [2.05, 4.69) is 4.98 Å². The van der Waals surface area contributed by atoms with Crippen molar-refractivity contribution in [2.24, 2.45) is 0 Å². The van der Waals surface area contributed by atoms with Crippen LogP contribution in [-0.2, 0) is 11.2 Å². The Morgan fingerprint density at radius 1 is 1.70 bits per heavy atom. The third-order valence-corrected chi connectivity index (χ3v) is 1.50. The fourth-order valence-electron chi connectivity index (χ4n) is 0.659. The molecule has 3 heteroatoms. The first-order valence-corrected chi connectivity index (χ1v) is 3.24. The van der Waals surface area contributed by atoms with Gasteiger partial charge in [0.05, 0.1) is 5.02 Å². The highest BCUT2D eigenvalue weighted by Gasteiger charge is 1.95. The van der Waals surface area contributed by atoms with Crippen LogP contribution in [0.2, 0.25) is 5.02 Å². The lowest BCUT2D eigenvalue weighted by Crippen LogP contribution is -1.86. The van der Waals surface area contributed by atoms with Gasteiger partial charge in [0.25, 0.3) is 0 Å². The first kappa shape index (κ1) is 7.22. The van der Waals surface area contributed by atoms with E-state index in [9.17, 15) is 4.79 Å². The third kappa shape index (κ3) is 1.54. The third-order valence-electron chi connectivity index (χ3n) is 1.16. The number of hydrogen-bond acceptors (Lipinski definition) is 2. The number of aldehydes is 1. The molecule has 52 valence electrons. The van der Waals surface area contributed by atoms with Gasteiger partial charge in [0, 0.05) is 18.8 Å². The van der Waals surface area contributed by atoms with Crippen LogP contribution < -0.4 is 0 Å². The summed E-state index contributed by atoms with van der Waals surface area (Å²) in [5, 5.41) is 0.551. The summed E-state index contributed by atoms with van der Waals surface area (Å²) in [7, 11) is 0. The fraction of sp³-hybridized carbons (Fsp3) is 0.143. The van der Waals surface area contributed by atoms with Crippen molar-refractivity contribution in [1.82, 2.24) is 4.98 Å². The summed E-state index contributed by atoms with van der Waals surface area (Å²) in [5.41, 5.74) is 0.826. The van der Waals surface area contributed by atoms with Crippen molar-refractivity contribution in [3.05, 3.63) is 29.0 Å². The minimum absolute atomic E-state index is 0.362. The van der Waals surface area contributed by atoms with Crippen LogP contribution in [-0.4, -0.2) is 11.3 Å². The van der Waals surface area contributed by atoms with Crippen molar-refractivity contribution >= 4 is 17.9 Å². The maximum absolute atomic E-state index is 10.0. The summed E-state index contributed by atoms with van der Waals surface area (Å²) < 4.78 is 0. The van der Waals surface area contributed by atoms with Gasteiger partial charge in [-0.15, -0.1) is 0 Å². The average molecular weight is 156 g/mol. The molecule has 0 bridgehead atoms. The summed E-state index contributed by atoms with van der Waals surface area (Å²) in [6, 6.07) is 1.73. The van der Waals surface area contributed by atoms with Gasteiger partial charge in [0.15, 0.2) is 0 Å². The normalized spacial score (nSPS) is 9.30. The molecule has 0 saturated heterocycles. The Kier molecular flexibility index (Phi) is 2.40. The van der Waals surface area contributed by atoms with Crippen molar-refractivity contribution in [1.29, 1.82) is 0 Å². The van der Waals surface area contributed by atoms with Gasteiger partial charge in [-0.1, -0.05) is 11.6 Å². The highest BCUT2D eigenvalue weighted by atomic mass is 35.5. The largest absolute Gasteiger partial charge is 0.303 e. The number of pyridine rings is 1. The van der Waals surface area contributed by atoms with Crippen LogP contribution in [0, 0.1) is 0 Å². The first-order chi connectivity index (χ1) is 4.84. The summed E-state index contributed by atoms with van der Waals surface area (Å²) in [5.74, 6) is 0. The summed E-state index contributed by atoms with van der Waals surface area (Å²) in [6.07, 6.45) is 4.33. The van der Waals surface area contributed by atoms with Crippen LogP contribution in [0.25, 0.3) is 0 Å². The van der Waals surface area contributed by atoms with E-state index >= 15 is 0 Å². The monoisotopic (exact) mass is 155 g/mol. The van der Waals surface area contributed by atoms with Crippen molar-refractivity contribution in [2.45, 2.75) is 6.42 Å². The molecule has 0 aliphatic rings. The Hall–Kier alpha value is -0.890. The van der Waals surface area contributed by atoms with E-state index in [1.165, 1.54) is 6.20 Å². The first-order valence-electron chi connectivity index (χ1n) is 2.86. The van der Waals surface area contributed by atoms with Crippen molar-refractivity contribution in [3.8, 4) is 0 Å². The van der Waals surface area contributed by atoms with E-state index in [1.807, 2.05) is 0 Å². The van der Waals surface area contributed by atoms with E-state index < -0.39 is 0 Å². The van der Waals surface area contributed by atoms with Crippen LogP contribution in [0.15, 0.2) is 18.5 Å². The highest BCUT2D eigenvalue weighted by Crippen LogP contribution is 2.12. The lowest BCUT2D eigenvalue weighted by atomic mass is 10.2. The van der Waals surface area contributed by atoms with Crippen LogP contribution in [0.3, 0.4) is 0 Å². The molecule has 10 heavy (non-hydrogen) atoms. The zero-order valence-electron chi connectivity index (χ0n) is 5.25. The van der Waals surface area contributed by atoms with Gasteiger partial charge in [-0.05, 0) is 11.6 Å². The van der Waals surface area contributed by atoms with Gasteiger partial charge < -0.3 is 4.79 Å². The molecule has 0 atom stereocenters. The molecule has 2 nitrogen and oxygen atoms in total. The lowest BCUT2D eigenvalue weighted by Gasteiger charge is -1.94. The maximum atomic E-state index is 10.0. The Labute approximate surface area is 63.8 Å². The second-order valence-corrected chi connectivity index (χ2v) is 2.25. The molecule has 0 aliphatic heterocycles. The molecule has 0 unspecified atom stereocenters. The number of carbonyl (C=O) groups excluding carboxylic acids is 1. The Morgan fingerprint density at radius 2 is 2.50 bits per heavy atom. The number of hydrogen-bond donors (Lipinski definition) is 0. The van der Waals surface area contributed by atoms with E-state index in [4.69, 9.17) is 11.6 Å². The lowest BCUT2D eigenvalue weighted by molar-refractivity contribution is -0.107. The molecule has 0 aliphatic carbocycles. The quantitative estimate of drug-likeness (QED) is 0.606. The van der Waals surface area contributed by atoms with Gasteiger partial charge in [0.1, 0.15) is 6.29 Å². The van der Waals surface area contributed by atoms with E-state index in [0.29, 0.717) is 11.4 Å². The molecule has 0 saturated carbocycles. The molecule has 0 N–H and O–H groups in total. The summed E-state index contributed by atoms with van der Waals surface area (Å²) in [6.45, 7) is 0. The van der Waals surface area contributed by atoms with Gasteiger partial charge >= 0.3 is 0 Å². The Balaban J connectivity index is 2.91. The number of carbonyl (C=O) groups is 1. The van der Waals surface area contributed by atoms with Crippen LogP contribution >= 0.6 is 11.6 Å². The average Bonchev–Trinajstić information content (AvgIpc) is 1.94. The Morgan fingerprint density at radius 3 is 3.10 bits per heavy atom. The van der Waals surface area contributed by atoms with E-state index in [0.717, 1.165) is 11.8 Å². The van der Waals surface area contributed by atoms with Gasteiger partial charge in [-0.2, -0.15) is 0 Å². The van der Waals surface area contributed by atoms with E-state index in [1.54, 1.807) is 12.3 Å². The molecule has 0 amide bonds. The topological polar surface area (TPSA) is 30.0 Å². The number of aromatic nitrogens is 1. The van der Waals surface area contributed by atoms with Crippen LogP contribution in [0.4, 0.5) is 0 Å². The zero-order valence-corrected chi connectivity index (χ0v) is 6.01. The number of halogens is 1. The van der Waals surface area contributed by atoms with Crippen molar-refractivity contribution < 1.29 is 4.79 Å². The molecule has 0 aromatic carbocycles. The number of nitrogens with zero attached hydrogens (tertiary/aromatic N) is 1. The molecular weight excluding hydrogens is 150 g/mol. The predicted molar refractivity (Wildman–Crippen MR) is 39.0 cm³/mol. The highest BCUT2D eigenvalue weighted by molar-refractivity contribution is 6.31. The molecule has 0 radical (unpaired) electrons. The Bertz CT molecular complexity index is 237. The molecule has 1 aromatic heterocycles. The maximum Gasteiger partial charge on any atom is 0.124 e. The van der Waals surface area contributed by atoms with Crippen LogP contribution in [0.1, 0.15) is 5.56 Å². The molecular formula is C7H6ClNO. The number of rotatable bonds is 2. The molecule has 1 aromatic rings. The minimum atomic E-state index is 0.362. The molecule has 0 fully saturated rings. The smallest absolute Gasteiger partial charge is 0.124 e. The summed E-state index contributed by atoms with van der Waals surface area (Å²) in [4.78, 5) is 13.8. The second-order valence-electron chi connectivity index (χ2n) is 1.84. The standard InChI is InChI=1S/C7H6ClNO/c8-7-5-9-3-1-6(7)2-4-10/h1,3-5H,2H2. The predicted octanol–water partition coefficient (Wildman–Crippen LogP) is 1.48. The van der Waals surface area contributed by atoms with Crippen LogP contribution in [0.5, 0.6) is 0 Å². The van der Waals surface area contributed by atoms with Crippen molar-refractivity contribution in [2.75, 3.05) is 0 Å².